The van der Waals surface area contributed by atoms with Crippen LogP contribution in [0.3, 0.4) is 0 Å². The van der Waals surface area contributed by atoms with Crippen molar-refractivity contribution in [3.8, 4) is 11.5 Å². The summed E-state index contributed by atoms with van der Waals surface area (Å²) < 4.78 is 29.6. The van der Waals surface area contributed by atoms with Crippen molar-refractivity contribution in [3.63, 3.8) is 0 Å². The molecular formula is C18H18O6S. The second-order valence-electron chi connectivity index (χ2n) is 5.36. The summed E-state index contributed by atoms with van der Waals surface area (Å²) in [5.74, 6) is -1.50. The number of carbonyl (C=O) groups is 1. The van der Waals surface area contributed by atoms with Gasteiger partial charge in [0.15, 0.2) is 9.84 Å². The van der Waals surface area contributed by atoms with Crippen molar-refractivity contribution < 1.29 is 28.2 Å². The molecule has 0 aliphatic heterocycles. The number of carboxylic acids is 1. The van der Waals surface area contributed by atoms with Crippen molar-refractivity contribution in [2.75, 3.05) is 12.4 Å². The number of phenols is 1. The average molecular weight is 362 g/mol. The molecule has 0 saturated heterocycles. The normalized spacial score (nSPS) is 11.6. The maximum absolute atomic E-state index is 12.1. The molecule has 0 bridgehead atoms. The molecule has 132 valence electrons. The third-order valence-electron chi connectivity index (χ3n) is 3.41. The van der Waals surface area contributed by atoms with Gasteiger partial charge in [0.05, 0.1) is 10.6 Å². The van der Waals surface area contributed by atoms with Gasteiger partial charge in [0.2, 0.25) is 0 Å². The summed E-state index contributed by atoms with van der Waals surface area (Å²) in [7, 11) is -3.40. The number of hydrogen-bond donors (Lipinski definition) is 2. The summed E-state index contributed by atoms with van der Waals surface area (Å²) in [4.78, 5) is 11.2. The van der Waals surface area contributed by atoms with Crippen LogP contribution in [-0.4, -0.2) is 37.0 Å². The van der Waals surface area contributed by atoms with E-state index in [1.165, 1.54) is 24.3 Å². The Balaban J connectivity index is 1.92. The van der Waals surface area contributed by atoms with E-state index in [4.69, 9.17) is 9.84 Å². The molecule has 0 saturated carbocycles. The van der Waals surface area contributed by atoms with Crippen LogP contribution in [0.2, 0.25) is 0 Å². The van der Waals surface area contributed by atoms with Crippen LogP contribution in [0.5, 0.6) is 11.5 Å². The highest BCUT2D eigenvalue weighted by Crippen LogP contribution is 2.23. The number of rotatable bonds is 7. The lowest BCUT2D eigenvalue weighted by molar-refractivity contribution is 0.0693. The van der Waals surface area contributed by atoms with Crippen LogP contribution in [0.15, 0.2) is 59.5 Å². The highest BCUT2D eigenvalue weighted by molar-refractivity contribution is 7.91. The van der Waals surface area contributed by atoms with Gasteiger partial charge in [-0.3, -0.25) is 0 Å². The van der Waals surface area contributed by atoms with Gasteiger partial charge >= 0.3 is 5.97 Å². The van der Waals surface area contributed by atoms with E-state index in [9.17, 15) is 18.3 Å². The van der Waals surface area contributed by atoms with Gasteiger partial charge in [-0.25, -0.2) is 13.2 Å². The molecular weight excluding hydrogens is 344 g/mol. The van der Waals surface area contributed by atoms with Gasteiger partial charge in [0, 0.05) is 0 Å². The lowest BCUT2D eigenvalue weighted by Crippen LogP contribution is -2.05. The van der Waals surface area contributed by atoms with Gasteiger partial charge in [-0.15, -0.1) is 0 Å². The first kappa shape index (κ1) is 18.5. The minimum atomic E-state index is -3.40. The molecule has 2 aromatic carbocycles. The quantitative estimate of drug-likeness (QED) is 0.735. The Hall–Kier alpha value is -2.80. The average Bonchev–Trinajstić information content (AvgIpc) is 2.56. The topological polar surface area (TPSA) is 101 Å². The van der Waals surface area contributed by atoms with Crippen molar-refractivity contribution >= 4 is 15.8 Å². The van der Waals surface area contributed by atoms with Gasteiger partial charge in [-0.05, 0) is 37.3 Å². The number of ether oxygens (including phenoxy) is 1. The van der Waals surface area contributed by atoms with Gasteiger partial charge in [-0.1, -0.05) is 29.8 Å². The standard InChI is InChI=1S/C18H18O6S/c1-13-4-7-15(8-5-13)25(22,23)11-3-2-10-24-14-6-9-17(19)16(12-14)18(20)21/h2-9,12,19H,10-11H2,1H3,(H,20,21)/b3-2+. The van der Waals surface area contributed by atoms with Crippen molar-refractivity contribution in [3.05, 3.63) is 65.7 Å². The fraction of sp³-hybridized carbons (Fsp3) is 0.167. The predicted octanol–water partition coefficient (Wildman–Crippen LogP) is 2.81. The molecule has 25 heavy (non-hydrogen) atoms. The molecule has 2 aromatic rings. The zero-order chi connectivity index (χ0) is 18.4. The Morgan fingerprint density at radius 1 is 1.12 bits per heavy atom. The van der Waals surface area contributed by atoms with E-state index in [-0.39, 0.29) is 34.3 Å². The third kappa shape index (κ3) is 5.09. The van der Waals surface area contributed by atoms with Crippen LogP contribution >= 0.6 is 0 Å². The molecule has 0 aliphatic carbocycles. The van der Waals surface area contributed by atoms with E-state index in [2.05, 4.69) is 0 Å². The smallest absolute Gasteiger partial charge is 0.339 e. The SMILES string of the molecule is Cc1ccc(S(=O)(=O)C/C=C/COc2ccc(O)c(C(=O)O)c2)cc1. The maximum Gasteiger partial charge on any atom is 0.339 e. The van der Waals surface area contributed by atoms with E-state index in [0.29, 0.717) is 0 Å². The van der Waals surface area contributed by atoms with Crippen molar-refractivity contribution in [1.82, 2.24) is 0 Å². The van der Waals surface area contributed by atoms with Crippen LogP contribution in [0.25, 0.3) is 0 Å². The maximum atomic E-state index is 12.1. The number of sulfone groups is 1. The van der Waals surface area contributed by atoms with Crippen molar-refractivity contribution in [2.24, 2.45) is 0 Å². The van der Waals surface area contributed by atoms with E-state index < -0.39 is 15.8 Å². The fourth-order valence-corrected chi connectivity index (χ4v) is 3.16. The van der Waals surface area contributed by atoms with E-state index in [1.807, 2.05) is 6.92 Å². The summed E-state index contributed by atoms with van der Waals surface area (Å²) in [5.41, 5.74) is 0.723. The molecule has 0 fully saturated rings. The first-order chi connectivity index (χ1) is 11.8. The first-order valence-corrected chi connectivity index (χ1v) is 9.08. The van der Waals surface area contributed by atoms with E-state index in [0.717, 1.165) is 5.56 Å². The second kappa shape index (κ2) is 7.85. The molecule has 0 aliphatic rings. The summed E-state index contributed by atoms with van der Waals surface area (Å²) in [6, 6.07) is 10.5. The zero-order valence-electron chi connectivity index (χ0n) is 13.5. The van der Waals surface area contributed by atoms with E-state index >= 15 is 0 Å². The van der Waals surface area contributed by atoms with Crippen molar-refractivity contribution in [1.29, 1.82) is 0 Å². The first-order valence-electron chi connectivity index (χ1n) is 7.43. The van der Waals surface area contributed by atoms with Gasteiger partial charge in [-0.2, -0.15) is 0 Å². The summed E-state index contributed by atoms with van der Waals surface area (Å²) in [6.45, 7) is 1.96. The Morgan fingerprint density at radius 3 is 2.44 bits per heavy atom. The number of aryl methyl sites for hydroxylation is 1. The van der Waals surface area contributed by atoms with Crippen molar-refractivity contribution in [2.45, 2.75) is 11.8 Å². The van der Waals surface area contributed by atoms with E-state index in [1.54, 1.807) is 30.3 Å². The third-order valence-corrected chi connectivity index (χ3v) is 5.03. The van der Waals surface area contributed by atoms with Crippen LogP contribution < -0.4 is 4.74 Å². The van der Waals surface area contributed by atoms with Gasteiger partial charge in [0.25, 0.3) is 0 Å². The highest BCUT2D eigenvalue weighted by atomic mass is 32.2. The van der Waals surface area contributed by atoms with Crippen LogP contribution in [0.1, 0.15) is 15.9 Å². The largest absolute Gasteiger partial charge is 0.507 e. The lowest BCUT2D eigenvalue weighted by atomic mass is 10.2. The molecule has 0 heterocycles. The number of carboxylic acid groups (broad SMARTS) is 1. The Kier molecular flexibility index (Phi) is 5.82. The second-order valence-corrected chi connectivity index (χ2v) is 7.40. The number of hydrogen-bond acceptors (Lipinski definition) is 5. The highest BCUT2D eigenvalue weighted by Gasteiger charge is 2.12. The fourth-order valence-electron chi connectivity index (χ4n) is 2.03. The monoisotopic (exact) mass is 362 g/mol. The van der Waals surface area contributed by atoms with Crippen LogP contribution in [0.4, 0.5) is 0 Å². The molecule has 0 spiro atoms. The minimum Gasteiger partial charge on any atom is -0.507 e. The number of aromatic hydroxyl groups is 1. The molecule has 2 N–H and O–H groups in total. The Morgan fingerprint density at radius 2 is 1.80 bits per heavy atom. The van der Waals surface area contributed by atoms with Gasteiger partial charge < -0.3 is 14.9 Å². The van der Waals surface area contributed by atoms with Crippen LogP contribution in [0, 0.1) is 6.92 Å². The zero-order valence-corrected chi connectivity index (χ0v) is 14.4. The number of benzene rings is 2. The van der Waals surface area contributed by atoms with Crippen LogP contribution in [-0.2, 0) is 9.84 Å². The lowest BCUT2D eigenvalue weighted by Gasteiger charge is -2.06. The molecule has 0 amide bonds. The Labute approximate surface area is 145 Å². The van der Waals surface area contributed by atoms with Gasteiger partial charge in [0.1, 0.15) is 23.7 Å². The minimum absolute atomic E-state index is 0.0766. The summed E-state index contributed by atoms with van der Waals surface area (Å²) in [5, 5.41) is 18.3. The molecule has 0 radical (unpaired) electrons. The summed E-state index contributed by atoms with van der Waals surface area (Å²) in [6.07, 6.45) is 3.02. The predicted molar refractivity (Wildman–Crippen MR) is 92.9 cm³/mol. The molecule has 7 heteroatoms. The molecule has 2 rings (SSSR count). The molecule has 0 atom stereocenters. The molecule has 0 aromatic heterocycles. The molecule has 6 nitrogen and oxygen atoms in total. The molecule has 0 unspecified atom stereocenters. The summed E-state index contributed by atoms with van der Waals surface area (Å²) >= 11 is 0. The Bertz CT molecular complexity index is 882. The number of aromatic carboxylic acids is 1.